The van der Waals surface area contributed by atoms with Crippen molar-refractivity contribution >= 4 is 35.1 Å². The lowest BCUT2D eigenvalue weighted by Gasteiger charge is -2.17. The monoisotopic (exact) mass is 329 g/mol. The molecule has 3 atom stereocenters. The first-order valence-electron chi connectivity index (χ1n) is 6.78. The minimum Gasteiger partial charge on any atom is -0.480 e. The average molecular weight is 330 g/mol. The molecule has 0 aromatic heterocycles. The third-order valence-corrected chi connectivity index (χ3v) is 4.11. The van der Waals surface area contributed by atoms with Crippen LogP contribution in [0.15, 0.2) is 18.2 Å². The highest BCUT2D eigenvalue weighted by molar-refractivity contribution is 6.34. The summed E-state index contributed by atoms with van der Waals surface area (Å²) in [6.45, 7) is 3.53. The zero-order valence-electron chi connectivity index (χ0n) is 11.8. The van der Waals surface area contributed by atoms with E-state index < -0.39 is 12.0 Å². The number of benzene rings is 1. The number of carbonyl (C=O) groups excluding carboxylic acids is 1. The van der Waals surface area contributed by atoms with Crippen molar-refractivity contribution in [2.24, 2.45) is 11.8 Å². The van der Waals surface area contributed by atoms with Crippen molar-refractivity contribution in [2.45, 2.75) is 32.2 Å². The van der Waals surface area contributed by atoms with Crippen molar-refractivity contribution in [3.63, 3.8) is 0 Å². The van der Waals surface area contributed by atoms with Gasteiger partial charge < -0.3 is 10.4 Å². The number of carboxylic acids is 1. The quantitative estimate of drug-likeness (QED) is 0.870. The van der Waals surface area contributed by atoms with Crippen LogP contribution in [0.3, 0.4) is 0 Å². The first kappa shape index (κ1) is 16.1. The number of rotatable bonds is 5. The number of carboxylic acid groups (broad SMARTS) is 1. The molecule has 0 bridgehead atoms. The van der Waals surface area contributed by atoms with Crippen molar-refractivity contribution < 1.29 is 14.7 Å². The molecule has 0 radical (unpaired) electrons. The third-order valence-electron chi connectivity index (χ3n) is 3.67. The fraction of sp³-hybridized carbons (Fsp3) is 0.467. The third kappa shape index (κ3) is 3.89. The van der Waals surface area contributed by atoms with Crippen LogP contribution in [-0.4, -0.2) is 23.0 Å². The van der Waals surface area contributed by atoms with Gasteiger partial charge >= 0.3 is 5.97 Å². The number of halogens is 2. The maximum Gasteiger partial charge on any atom is 0.326 e. The molecule has 0 spiro atoms. The molecule has 2 N–H and O–H groups in total. The van der Waals surface area contributed by atoms with Gasteiger partial charge in [0.2, 0.25) is 5.91 Å². The molecule has 21 heavy (non-hydrogen) atoms. The van der Waals surface area contributed by atoms with Crippen molar-refractivity contribution in [1.82, 2.24) is 5.32 Å². The number of nitrogens with one attached hydrogen (secondary N) is 1. The van der Waals surface area contributed by atoms with Gasteiger partial charge in [0.05, 0.1) is 0 Å². The van der Waals surface area contributed by atoms with Crippen LogP contribution in [0.5, 0.6) is 0 Å². The van der Waals surface area contributed by atoms with Gasteiger partial charge in [0, 0.05) is 16.0 Å². The second kappa shape index (κ2) is 6.24. The van der Waals surface area contributed by atoms with E-state index in [1.807, 2.05) is 0 Å². The maximum absolute atomic E-state index is 12.1. The van der Waals surface area contributed by atoms with Gasteiger partial charge in [-0.05, 0) is 42.0 Å². The summed E-state index contributed by atoms with van der Waals surface area (Å²) in [5, 5.41) is 12.8. The maximum atomic E-state index is 12.1. The van der Waals surface area contributed by atoms with Gasteiger partial charge in [0.1, 0.15) is 6.04 Å². The van der Waals surface area contributed by atoms with Crippen molar-refractivity contribution in [2.75, 3.05) is 0 Å². The van der Waals surface area contributed by atoms with Gasteiger partial charge in [-0.1, -0.05) is 37.0 Å². The smallest absolute Gasteiger partial charge is 0.326 e. The summed E-state index contributed by atoms with van der Waals surface area (Å²) in [6.07, 6.45) is 0.687. The van der Waals surface area contributed by atoms with Crippen LogP contribution in [-0.2, 0) is 9.59 Å². The summed E-state index contributed by atoms with van der Waals surface area (Å²) in [7, 11) is 0. The predicted molar refractivity (Wildman–Crippen MR) is 81.7 cm³/mol. The molecule has 1 fully saturated rings. The largest absolute Gasteiger partial charge is 0.480 e. The van der Waals surface area contributed by atoms with Crippen molar-refractivity contribution in [3.05, 3.63) is 33.8 Å². The summed E-state index contributed by atoms with van der Waals surface area (Å²) < 4.78 is 0. The molecule has 3 unspecified atom stereocenters. The van der Waals surface area contributed by atoms with Crippen LogP contribution in [0.4, 0.5) is 0 Å². The van der Waals surface area contributed by atoms with Gasteiger partial charge in [-0.25, -0.2) is 4.79 Å². The molecule has 1 aliphatic carbocycles. The van der Waals surface area contributed by atoms with E-state index in [4.69, 9.17) is 28.3 Å². The standard InChI is InChI=1S/C15H17Cl2NO3/c1-7(2)13(15(20)21)18-14(19)12-6-11(12)8-3-9(16)5-10(17)4-8/h3-5,7,11-13H,6H2,1-2H3,(H,18,19)(H,20,21). The van der Waals surface area contributed by atoms with E-state index >= 15 is 0 Å². The van der Waals surface area contributed by atoms with Crippen LogP contribution in [0.2, 0.25) is 10.0 Å². The lowest BCUT2D eigenvalue weighted by Crippen LogP contribution is -2.45. The number of amides is 1. The molecular weight excluding hydrogens is 313 g/mol. The molecule has 0 heterocycles. The van der Waals surface area contributed by atoms with E-state index in [2.05, 4.69) is 5.32 Å². The van der Waals surface area contributed by atoms with Gasteiger partial charge in [0.15, 0.2) is 0 Å². The van der Waals surface area contributed by atoms with E-state index in [1.54, 1.807) is 32.0 Å². The Balaban J connectivity index is 2.02. The van der Waals surface area contributed by atoms with E-state index in [0.29, 0.717) is 16.5 Å². The van der Waals surface area contributed by atoms with E-state index in [-0.39, 0.29) is 23.7 Å². The Kier molecular flexibility index (Phi) is 4.79. The first-order chi connectivity index (χ1) is 9.79. The number of carbonyl (C=O) groups is 2. The van der Waals surface area contributed by atoms with Crippen molar-refractivity contribution in [1.29, 1.82) is 0 Å². The summed E-state index contributed by atoms with van der Waals surface area (Å²) in [5.41, 5.74) is 0.920. The SMILES string of the molecule is CC(C)C(NC(=O)C1CC1c1cc(Cl)cc(Cl)c1)C(=O)O. The summed E-state index contributed by atoms with van der Waals surface area (Å²) >= 11 is 11.9. The summed E-state index contributed by atoms with van der Waals surface area (Å²) in [6, 6.07) is 4.37. The molecule has 4 nitrogen and oxygen atoms in total. The lowest BCUT2D eigenvalue weighted by molar-refractivity contribution is -0.143. The molecule has 1 aromatic rings. The Morgan fingerprint density at radius 1 is 1.24 bits per heavy atom. The minimum absolute atomic E-state index is 0.0582. The van der Waals surface area contributed by atoms with Gasteiger partial charge in [0.25, 0.3) is 0 Å². The molecule has 1 aliphatic rings. The molecule has 2 rings (SSSR count). The Labute approximate surface area is 133 Å². The van der Waals surface area contributed by atoms with Gasteiger partial charge in [-0.15, -0.1) is 0 Å². The predicted octanol–water partition coefficient (Wildman–Crippen LogP) is 3.32. The molecule has 6 heteroatoms. The van der Waals surface area contributed by atoms with Crippen LogP contribution >= 0.6 is 23.2 Å². The Bertz CT molecular complexity index is 554. The molecule has 0 aliphatic heterocycles. The van der Waals surface area contributed by atoms with E-state index in [1.165, 1.54) is 0 Å². The zero-order chi connectivity index (χ0) is 15.7. The molecular formula is C15H17Cl2NO3. The number of hydrogen-bond donors (Lipinski definition) is 2. The van der Waals surface area contributed by atoms with E-state index in [0.717, 1.165) is 5.56 Å². The number of aliphatic carboxylic acids is 1. The second-order valence-corrected chi connectivity index (χ2v) is 6.59. The highest BCUT2D eigenvalue weighted by Gasteiger charge is 2.45. The average Bonchev–Trinajstić information content (AvgIpc) is 3.13. The molecule has 1 saturated carbocycles. The van der Waals surface area contributed by atoms with Crippen LogP contribution in [0.25, 0.3) is 0 Å². The highest BCUT2D eigenvalue weighted by atomic mass is 35.5. The van der Waals surface area contributed by atoms with Crippen LogP contribution in [0.1, 0.15) is 31.7 Å². The molecule has 1 amide bonds. The van der Waals surface area contributed by atoms with E-state index in [9.17, 15) is 9.59 Å². The summed E-state index contributed by atoms with van der Waals surface area (Å²) in [5.74, 6) is -1.55. The first-order valence-corrected chi connectivity index (χ1v) is 7.54. The second-order valence-electron chi connectivity index (χ2n) is 5.72. The molecule has 1 aromatic carbocycles. The zero-order valence-corrected chi connectivity index (χ0v) is 13.3. The molecule has 114 valence electrons. The van der Waals surface area contributed by atoms with Gasteiger partial charge in [-0.3, -0.25) is 4.79 Å². The lowest BCUT2D eigenvalue weighted by atomic mass is 10.0. The highest BCUT2D eigenvalue weighted by Crippen LogP contribution is 2.48. The number of hydrogen-bond acceptors (Lipinski definition) is 2. The Morgan fingerprint density at radius 3 is 2.29 bits per heavy atom. The Morgan fingerprint density at radius 2 is 1.81 bits per heavy atom. The topological polar surface area (TPSA) is 66.4 Å². The fourth-order valence-corrected chi connectivity index (χ4v) is 2.96. The van der Waals surface area contributed by atoms with Crippen molar-refractivity contribution in [3.8, 4) is 0 Å². The Hall–Kier alpha value is -1.26. The van der Waals surface area contributed by atoms with Crippen LogP contribution < -0.4 is 5.32 Å². The minimum atomic E-state index is -1.01. The molecule has 0 saturated heterocycles. The van der Waals surface area contributed by atoms with Gasteiger partial charge in [-0.2, -0.15) is 0 Å². The normalized spacial score (nSPS) is 22.0. The summed E-state index contributed by atoms with van der Waals surface area (Å²) in [4.78, 5) is 23.2. The fourth-order valence-electron chi connectivity index (χ4n) is 2.42. The van der Waals surface area contributed by atoms with Crippen LogP contribution in [0, 0.1) is 11.8 Å².